The number of nitrogens with zero attached hydrogens (tertiary/aromatic N) is 2. The van der Waals surface area contributed by atoms with Gasteiger partial charge in [-0.1, -0.05) is 36.7 Å². The topological polar surface area (TPSA) is 64.1 Å². The Morgan fingerprint density at radius 1 is 1.20 bits per heavy atom. The summed E-state index contributed by atoms with van der Waals surface area (Å²) in [6.07, 6.45) is 6.19. The number of amides is 1. The molecule has 0 spiro atoms. The van der Waals surface area contributed by atoms with E-state index >= 15 is 0 Å². The molecule has 0 unspecified atom stereocenters. The van der Waals surface area contributed by atoms with Gasteiger partial charge in [-0.3, -0.25) is 10.1 Å². The molecule has 0 bridgehead atoms. The molecule has 25 heavy (non-hydrogen) atoms. The van der Waals surface area contributed by atoms with Crippen molar-refractivity contribution in [2.24, 2.45) is 0 Å². The molecule has 1 saturated carbocycles. The number of hydrogen-bond acceptors (Lipinski definition) is 5. The highest BCUT2D eigenvalue weighted by Gasteiger charge is 2.20. The number of aryl methyl sites for hydroxylation is 2. The number of ether oxygens (including phenoxy) is 1. The number of rotatable bonds is 5. The zero-order valence-corrected chi connectivity index (χ0v) is 15.9. The van der Waals surface area contributed by atoms with Crippen LogP contribution in [-0.2, 0) is 4.79 Å². The highest BCUT2D eigenvalue weighted by molar-refractivity contribution is 7.15. The molecule has 1 aromatic heterocycles. The fourth-order valence-corrected chi connectivity index (χ4v) is 4.18. The van der Waals surface area contributed by atoms with Gasteiger partial charge in [-0.15, -0.1) is 10.2 Å². The van der Waals surface area contributed by atoms with E-state index in [2.05, 4.69) is 21.6 Å². The average molecular weight is 359 g/mol. The molecule has 5 nitrogen and oxygen atoms in total. The molecular formula is C19H25N3O2S. The Balaban J connectivity index is 1.55. The monoisotopic (exact) mass is 359 g/mol. The quantitative estimate of drug-likeness (QED) is 0.852. The normalized spacial score (nSPS) is 15.2. The van der Waals surface area contributed by atoms with Crippen LogP contribution in [0.15, 0.2) is 12.1 Å². The van der Waals surface area contributed by atoms with E-state index in [1.807, 2.05) is 26.8 Å². The lowest BCUT2D eigenvalue weighted by Gasteiger charge is -2.18. The van der Waals surface area contributed by atoms with Gasteiger partial charge in [-0.2, -0.15) is 0 Å². The molecule has 3 rings (SSSR count). The van der Waals surface area contributed by atoms with Gasteiger partial charge in [0, 0.05) is 5.92 Å². The molecule has 1 heterocycles. The molecule has 0 atom stereocenters. The van der Waals surface area contributed by atoms with Crippen molar-refractivity contribution in [3.05, 3.63) is 33.8 Å². The first-order valence-corrected chi connectivity index (χ1v) is 9.68. The summed E-state index contributed by atoms with van der Waals surface area (Å²) in [6.45, 7) is 6.04. The van der Waals surface area contributed by atoms with Crippen molar-refractivity contribution in [1.29, 1.82) is 0 Å². The minimum Gasteiger partial charge on any atom is -0.483 e. The van der Waals surface area contributed by atoms with Crippen LogP contribution in [0.1, 0.15) is 59.7 Å². The molecule has 2 aromatic rings. The Bertz CT molecular complexity index is 751. The van der Waals surface area contributed by atoms with E-state index in [1.165, 1.54) is 43.4 Å². The molecule has 0 saturated heterocycles. The van der Waals surface area contributed by atoms with Gasteiger partial charge in [0.1, 0.15) is 10.8 Å². The van der Waals surface area contributed by atoms with Gasteiger partial charge >= 0.3 is 0 Å². The van der Waals surface area contributed by atoms with Gasteiger partial charge in [0.25, 0.3) is 5.91 Å². The van der Waals surface area contributed by atoms with Crippen LogP contribution < -0.4 is 10.1 Å². The van der Waals surface area contributed by atoms with Gasteiger partial charge in [0.15, 0.2) is 6.61 Å². The third kappa shape index (κ3) is 4.57. The average Bonchev–Trinajstić information content (AvgIpc) is 3.06. The molecule has 0 radical (unpaired) electrons. The van der Waals surface area contributed by atoms with Gasteiger partial charge in [-0.25, -0.2) is 0 Å². The van der Waals surface area contributed by atoms with E-state index in [0.29, 0.717) is 11.0 Å². The van der Waals surface area contributed by atoms with Crippen LogP contribution in [-0.4, -0.2) is 22.7 Å². The standard InChI is InChI=1S/C19H25N3O2S/c1-12-9-13(2)14(3)16(10-12)24-11-17(23)20-19-22-21-18(25-19)15-7-5-4-6-8-15/h9-10,15H,4-8,11H2,1-3H3,(H,20,22,23). The fraction of sp³-hybridized carbons (Fsp3) is 0.526. The Morgan fingerprint density at radius 3 is 2.72 bits per heavy atom. The third-order valence-corrected chi connectivity index (χ3v) is 5.77. The van der Waals surface area contributed by atoms with Crippen LogP contribution in [0, 0.1) is 20.8 Å². The Kier molecular flexibility index (Phi) is 5.68. The fourth-order valence-electron chi connectivity index (χ4n) is 3.25. The van der Waals surface area contributed by atoms with Gasteiger partial charge in [0.2, 0.25) is 5.13 Å². The number of nitrogens with one attached hydrogen (secondary N) is 1. The smallest absolute Gasteiger partial charge is 0.264 e. The predicted molar refractivity (Wildman–Crippen MR) is 101 cm³/mol. The summed E-state index contributed by atoms with van der Waals surface area (Å²) in [5, 5.41) is 12.8. The van der Waals surface area contributed by atoms with E-state index < -0.39 is 0 Å². The van der Waals surface area contributed by atoms with Crippen LogP contribution in [0.2, 0.25) is 0 Å². The van der Waals surface area contributed by atoms with Crippen molar-refractivity contribution in [2.45, 2.75) is 58.8 Å². The molecule has 1 amide bonds. The summed E-state index contributed by atoms with van der Waals surface area (Å²) in [7, 11) is 0. The maximum absolute atomic E-state index is 12.2. The summed E-state index contributed by atoms with van der Waals surface area (Å²) in [6, 6.07) is 4.07. The van der Waals surface area contributed by atoms with E-state index in [4.69, 9.17) is 4.74 Å². The molecule has 1 N–H and O–H groups in total. The zero-order chi connectivity index (χ0) is 17.8. The second kappa shape index (κ2) is 7.95. The second-order valence-electron chi connectivity index (χ2n) is 6.82. The van der Waals surface area contributed by atoms with Crippen LogP contribution in [0.25, 0.3) is 0 Å². The van der Waals surface area contributed by atoms with Crippen LogP contribution in [0.5, 0.6) is 5.75 Å². The summed E-state index contributed by atoms with van der Waals surface area (Å²) in [5.41, 5.74) is 3.35. The molecular weight excluding hydrogens is 334 g/mol. The Labute approximate surface area is 152 Å². The highest BCUT2D eigenvalue weighted by Crippen LogP contribution is 2.35. The SMILES string of the molecule is Cc1cc(C)c(C)c(OCC(=O)Nc2nnc(C3CCCCC3)s2)c1. The number of aromatic nitrogens is 2. The summed E-state index contributed by atoms with van der Waals surface area (Å²) in [5.74, 6) is 1.06. The number of hydrogen-bond donors (Lipinski definition) is 1. The number of benzene rings is 1. The van der Waals surface area contributed by atoms with Crippen molar-refractivity contribution in [3.8, 4) is 5.75 Å². The molecule has 1 aliphatic rings. The maximum Gasteiger partial charge on any atom is 0.264 e. The Morgan fingerprint density at radius 2 is 1.96 bits per heavy atom. The molecule has 1 aromatic carbocycles. The minimum atomic E-state index is -0.204. The van der Waals surface area contributed by atoms with E-state index in [0.717, 1.165) is 27.4 Å². The predicted octanol–water partition coefficient (Wildman–Crippen LogP) is 4.53. The maximum atomic E-state index is 12.2. The number of carbonyl (C=O) groups excluding carboxylic acids is 1. The van der Waals surface area contributed by atoms with Crippen molar-refractivity contribution < 1.29 is 9.53 Å². The van der Waals surface area contributed by atoms with E-state index in [1.54, 1.807) is 0 Å². The van der Waals surface area contributed by atoms with Crippen molar-refractivity contribution in [2.75, 3.05) is 11.9 Å². The summed E-state index contributed by atoms with van der Waals surface area (Å²) < 4.78 is 5.70. The molecule has 134 valence electrons. The number of anilines is 1. The largest absolute Gasteiger partial charge is 0.483 e. The second-order valence-corrected chi connectivity index (χ2v) is 7.83. The summed E-state index contributed by atoms with van der Waals surface area (Å²) in [4.78, 5) is 12.2. The van der Waals surface area contributed by atoms with Gasteiger partial charge < -0.3 is 4.74 Å². The summed E-state index contributed by atoms with van der Waals surface area (Å²) >= 11 is 1.49. The zero-order valence-electron chi connectivity index (χ0n) is 15.1. The first kappa shape index (κ1) is 17.9. The minimum absolute atomic E-state index is 0.0257. The molecule has 1 aliphatic carbocycles. The Hall–Kier alpha value is -1.95. The van der Waals surface area contributed by atoms with Crippen LogP contribution in [0.4, 0.5) is 5.13 Å². The van der Waals surface area contributed by atoms with Gasteiger partial charge in [0.05, 0.1) is 0 Å². The van der Waals surface area contributed by atoms with Crippen molar-refractivity contribution >= 4 is 22.4 Å². The molecule has 1 fully saturated rings. The lowest BCUT2D eigenvalue weighted by Crippen LogP contribution is -2.20. The molecule has 6 heteroatoms. The lowest BCUT2D eigenvalue weighted by molar-refractivity contribution is -0.118. The van der Waals surface area contributed by atoms with Crippen LogP contribution >= 0.6 is 11.3 Å². The van der Waals surface area contributed by atoms with Crippen molar-refractivity contribution in [3.63, 3.8) is 0 Å². The van der Waals surface area contributed by atoms with Gasteiger partial charge in [-0.05, 0) is 56.4 Å². The third-order valence-electron chi connectivity index (χ3n) is 4.76. The van der Waals surface area contributed by atoms with Crippen molar-refractivity contribution in [1.82, 2.24) is 10.2 Å². The molecule has 0 aliphatic heterocycles. The van der Waals surface area contributed by atoms with E-state index in [9.17, 15) is 4.79 Å². The first-order valence-electron chi connectivity index (χ1n) is 8.87. The first-order chi connectivity index (χ1) is 12.0. The highest BCUT2D eigenvalue weighted by atomic mass is 32.1. The van der Waals surface area contributed by atoms with E-state index in [-0.39, 0.29) is 12.5 Å². The van der Waals surface area contributed by atoms with Crippen LogP contribution in [0.3, 0.4) is 0 Å². The number of carbonyl (C=O) groups is 1. The lowest BCUT2D eigenvalue weighted by atomic mass is 9.90.